The van der Waals surface area contributed by atoms with Gasteiger partial charge in [-0.3, -0.25) is 10.1 Å². The molecule has 1 aromatic heterocycles. The number of nitro benzene ring substituents is 1. The van der Waals surface area contributed by atoms with Crippen LogP contribution in [0.25, 0.3) is 16.8 Å². The highest BCUT2D eigenvalue weighted by Gasteiger charge is 2.20. The Balaban J connectivity index is 2.21. The first kappa shape index (κ1) is 17.7. The molecular weight excluding hydrogens is 385 g/mol. The first-order valence-corrected chi connectivity index (χ1v) is 8.39. The molecule has 5 nitrogen and oxygen atoms in total. The summed E-state index contributed by atoms with van der Waals surface area (Å²) in [5, 5.41) is 16.7. The molecule has 0 bridgehead atoms. The summed E-state index contributed by atoms with van der Waals surface area (Å²) in [6.45, 7) is 3.69. The second-order valence-corrected chi connectivity index (χ2v) is 6.73. The van der Waals surface area contributed by atoms with E-state index in [-0.39, 0.29) is 5.69 Å². The van der Waals surface area contributed by atoms with E-state index in [1.165, 1.54) is 12.1 Å². The average Bonchev–Trinajstić information content (AvgIpc) is 2.81. The van der Waals surface area contributed by atoms with E-state index < -0.39 is 4.92 Å². The number of rotatable bonds is 3. The van der Waals surface area contributed by atoms with Gasteiger partial charge in [0.05, 0.1) is 20.7 Å². The van der Waals surface area contributed by atoms with Gasteiger partial charge in [0.2, 0.25) is 0 Å². The summed E-state index contributed by atoms with van der Waals surface area (Å²) in [6.07, 6.45) is 0. The first-order chi connectivity index (χ1) is 11.8. The van der Waals surface area contributed by atoms with Crippen molar-refractivity contribution in [1.29, 1.82) is 0 Å². The van der Waals surface area contributed by atoms with Gasteiger partial charge in [-0.25, -0.2) is 4.68 Å². The lowest BCUT2D eigenvalue weighted by Gasteiger charge is -2.10. The van der Waals surface area contributed by atoms with Crippen LogP contribution in [0.4, 0.5) is 5.69 Å². The highest BCUT2D eigenvalue weighted by Crippen LogP contribution is 2.36. The van der Waals surface area contributed by atoms with Gasteiger partial charge in [-0.15, -0.1) is 0 Å². The smallest absolute Gasteiger partial charge is 0.258 e. The quantitative estimate of drug-likeness (QED) is 0.401. The Morgan fingerprint density at radius 1 is 1.08 bits per heavy atom. The number of nitro groups is 1. The molecule has 0 aliphatic rings. The Bertz CT molecular complexity index is 976. The van der Waals surface area contributed by atoms with Crippen molar-refractivity contribution >= 4 is 40.5 Å². The van der Waals surface area contributed by atoms with Gasteiger partial charge in [-0.1, -0.05) is 46.9 Å². The zero-order valence-corrected chi connectivity index (χ0v) is 15.5. The number of aromatic nitrogens is 2. The molecule has 0 spiro atoms. The van der Waals surface area contributed by atoms with Gasteiger partial charge in [0.1, 0.15) is 5.69 Å². The second kappa shape index (κ2) is 6.67. The van der Waals surface area contributed by atoms with Crippen LogP contribution in [0.15, 0.2) is 36.4 Å². The van der Waals surface area contributed by atoms with E-state index in [1.54, 1.807) is 28.9 Å². The number of hydrogen-bond donors (Lipinski definition) is 0. The van der Waals surface area contributed by atoms with Gasteiger partial charge in [-0.05, 0) is 31.5 Å². The summed E-state index contributed by atoms with van der Waals surface area (Å²) in [5.41, 5.74) is 3.52. The van der Waals surface area contributed by atoms with Crippen molar-refractivity contribution in [3.8, 4) is 16.8 Å². The Hall–Kier alpha value is -2.08. The van der Waals surface area contributed by atoms with Crippen molar-refractivity contribution in [1.82, 2.24) is 9.78 Å². The van der Waals surface area contributed by atoms with Crippen molar-refractivity contribution in [2.24, 2.45) is 0 Å². The van der Waals surface area contributed by atoms with E-state index in [2.05, 4.69) is 5.10 Å². The molecule has 0 saturated carbocycles. The van der Waals surface area contributed by atoms with Crippen molar-refractivity contribution < 1.29 is 4.92 Å². The van der Waals surface area contributed by atoms with Crippen LogP contribution >= 0.6 is 34.8 Å². The molecule has 128 valence electrons. The topological polar surface area (TPSA) is 61.0 Å². The number of non-ortho nitro benzene ring substituents is 1. The summed E-state index contributed by atoms with van der Waals surface area (Å²) in [6, 6.07) is 9.60. The summed E-state index contributed by atoms with van der Waals surface area (Å²) in [7, 11) is 0. The van der Waals surface area contributed by atoms with Gasteiger partial charge < -0.3 is 0 Å². The van der Waals surface area contributed by atoms with Gasteiger partial charge in [0.15, 0.2) is 0 Å². The third-order valence-corrected chi connectivity index (χ3v) is 4.62. The molecule has 3 aromatic rings. The standard InChI is InChI=1S/C17H12Cl3N3O2/c1-9-16(11-4-3-5-13(6-11)23(24)25)10(2)22(21-9)17-14(19)7-12(18)8-15(17)20/h3-8H,1-2H3. The minimum atomic E-state index is -0.425. The Morgan fingerprint density at radius 2 is 1.72 bits per heavy atom. The van der Waals surface area contributed by atoms with Crippen molar-refractivity contribution in [3.63, 3.8) is 0 Å². The van der Waals surface area contributed by atoms with E-state index in [4.69, 9.17) is 34.8 Å². The van der Waals surface area contributed by atoms with Crippen molar-refractivity contribution in [2.75, 3.05) is 0 Å². The molecule has 0 fully saturated rings. The number of benzene rings is 2. The van der Waals surface area contributed by atoms with Crippen LogP contribution in [-0.4, -0.2) is 14.7 Å². The van der Waals surface area contributed by atoms with Crippen LogP contribution in [-0.2, 0) is 0 Å². The number of halogens is 3. The molecule has 0 atom stereocenters. The van der Waals surface area contributed by atoms with Gasteiger partial charge in [-0.2, -0.15) is 5.10 Å². The van der Waals surface area contributed by atoms with E-state index in [0.29, 0.717) is 32.0 Å². The molecule has 3 rings (SSSR count). The summed E-state index contributed by atoms with van der Waals surface area (Å²) < 4.78 is 1.63. The fourth-order valence-corrected chi connectivity index (χ4v) is 3.77. The van der Waals surface area contributed by atoms with Crippen LogP contribution in [0.5, 0.6) is 0 Å². The maximum Gasteiger partial charge on any atom is 0.270 e. The third kappa shape index (κ3) is 3.23. The van der Waals surface area contributed by atoms with Crippen LogP contribution in [0.3, 0.4) is 0 Å². The lowest BCUT2D eigenvalue weighted by Crippen LogP contribution is -2.01. The minimum absolute atomic E-state index is 0.0200. The van der Waals surface area contributed by atoms with E-state index in [1.807, 2.05) is 13.8 Å². The van der Waals surface area contributed by atoms with Gasteiger partial charge in [0.25, 0.3) is 5.69 Å². The lowest BCUT2D eigenvalue weighted by molar-refractivity contribution is -0.384. The van der Waals surface area contributed by atoms with Crippen LogP contribution in [0.1, 0.15) is 11.4 Å². The molecule has 8 heteroatoms. The highest BCUT2D eigenvalue weighted by molar-refractivity contribution is 6.40. The van der Waals surface area contributed by atoms with Crippen molar-refractivity contribution in [2.45, 2.75) is 13.8 Å². The molecule has 25 heavy (non-hydrogen) atoms. The molecule has 0 saturated heterocycles. The first-order valence-electron chi connectivity index (χ1n) is 7.25. The zero-order valence-electron chi connectivity index (χ0n) is 13.3. The second-order valence-electron chi connectivity index (χ2n) is 5.48. The summed E-state index contributed by atoms with van der Waals surface area (Å²) in [5.74, 6) is 0. The third-order valence-electron chi connectivity index (χ3n) is 3.83. The molecule has 0 unspecified atom stereocenters. The summed E-state index contributed by atoms with van der Waals surface area (Å²) >= 11 is 18.6. The largest absolute Gasteiger partial charge is 0.270 e. The maximum atomic E-state index is 11.0. The lowest BCUT2D eigenvalue weighted by atomic mass is 10.0. The fraction of sp³-hybridized carbons (Fsp3) is 0.118. The van der Waals surface area contributed by atoms with Crippen LogP contribution < -0.4 is 0 Å². The Labute approximate surface area is 158 Å². The molecule has 0 N–H and O–H groups in total. The minimum Gasteiger partial charge on any atom is -0.258 e. The normalized spacial score (nSPS) is 10.9. The highest BCUT2D eigenvalue weighted by atomic mass is 35.5. The van der Waals surface area contributed by atoms with Gasteiger partial charge >= 0.3 is 0 Å². The van der Waals surface area contributed by atoms with E-state index in [9.17, 15) is 10.1 Å². The predicted molar refractivity (Wildman–Crippen MR) is 100 cm³/mol. The molecule has 0 aliphatic carbocycles. The number of aryl methyl sites for hydroxylation is 1. The molecule has 1 heterocycles. The Kier molecular flexibility index (Phi) is 4.73. The van der Waals surface area contributed by atoms with Crippen LogP contribution in [0, 0.1) is 24.0 Å². The average molecular weight is 397 g/mol. The molecule has 2 aromatic carbocycles. The summed E-state index contributed by atoms with van der Waals surface area (Å²) in [4.78, 5) is 10.6. The van der Waals surface area contributed by atoms with Gasteiger partial charge in [0, 0.05) is 28.4 Å². The molecule has 0 aliphatic heterocycles. The molecular formula is C17H12Cl3N3O2. The fourth-order valence-electron chi connectivity index (χ4n) is 2.79. The zero-order chi connectivity index (χ0) is 18.3. The maximum absolute atomic E-state index is 11.0. The van der Waals surface area contributed by atoms with E-state index in [0.717, 1.165) is 11.3 Å². The van der Waals surface area contributed by atoms with Crippen LogP contribution in [0.2, 0.25) is 15.1 Å². The van der Waals surface area contributed by atoms with Crippen molar-refractivity contribution in [3.05, 3.63) is 73.0 Å². The number of nitrogens with zero attached hydrogens (tertiary/aromatic N) is 3. The predicted octanol–water partition coefficient (Wildman–Crippen LogP) is 6.02. The van der Waals surface area contributed by atoms with E-state index >= 15 is 0 Å². The SMILES string of the molecule is Cc1nn(-c2c(Cl)cc(Cl)cc2Cl)c(C)c1-c1cccc([N+](=O)[O-])c1. The Morgan fingerprint density at radius 3 is 2.32 bits per heavy atom. The number of hydrogen-bond acceptors (Lipinski definition) is 3. The molecule has 0 amide bonds. The monoisotopic (exact) mass is 395 g/mol. The molecule has 0 radical (unpaired) electrons.